The highest BCUT2D eigenvalue weighted by Crippen LogP contribution is 2.14. The molecule has 2 rings (SSSR count). The molecule has 2 aromatic rings. The first-order chi connectivity index (χ1) is 10.5. The van der Waals surface area contributed by atoms with Crippen LogP contribution in [0.5, 0.6) is 0 Å². The number of nitro groups is 1. The first kappa shape index (κ1) is 15.7. The molecule has 0 aliphatic heterocycles. The molecule has 0 unspecified atom stereocenters. The topological polar surface area (TPSA) is 69.4 Å². The second-order valence-corrected chi connectivity index (χ2v) is 4.86. The lowest BCUT2D eigenvalue weighted by molar-refractivity contribution is -0.384. The summed E-state index contributed by atoms with van der Waals surface area (Å²) in [7, 11) is 0. The summed E-state index contributed by atoms with van der Waals surface area (Å²) in [6, 6.07) is 13.0. The van der Waals surface area contributed by atoms with E-state index in [4.69, 9.17) is 16.3 Å². The van der Waals surface area contributed by atoms with E-state index >= 15 is 0 Å². The van der Waals surface area contributed by atoms with Crippen LogP contribution < -0.4 is 0 Å². The molecule has 22 heavy (non-hydrogen) atoms. The maximum absolute atomic E-state index is 11.6. The summed E-state index contributed by atoms with van der Waals surface area (Å²) >= 11 is 5.83. The molecule has 0 aliphatic carbocycles. The molecule has 0 spiro atoms. The molecule has 6 heteroatoms. The Balaban J connectivity index is 1.94. The van der Waals surface area contributed by atoms with Gasteiger partial charge in [-0.2, -0.15) is 0 Å². The molecule has 0 bridgehead atoms. The zero-order chi connectivity index (χ0) is 15.9. The Kier molecular flexibility index (Phi) is 5.27. The molecular weight excluding hydrogens is 306 g/mol. The zero-order valence-corrected chi connectivity index (χ0v) is 12.2. The molecule has 0 N–H and O–H groups in total. The second-order valence-electron chi connectivity index (χ2n) is 4.42. The molecule has 0 fully saturated rings. The van der Waals surface area contributed by atoms with Crippen molar-refractivity contribution in [2.24, 2.45) is 0 Å². The number of nitro benzene ring substituents is 1. The second kappa shape index (κ2) is 7.38. The van der Waals surface area contributed by atoms with Gasteiger partial charge in [-0.05, 0) is 29.3 Å². The van der Waals surface area contributed by atoms with Crippen LogP contribution >= 0.6 is 11.6 Å². The summed E-state index contributed by atoms with van der Waals surface area (Å²) in [5, 5.41) is 11.2. The molecule has 0 saturated heterocycles. The van der Waals surface area contributed by atoms with Gasteiger partial charge in [-0.1, -0.05) is 35.9 Å². The molecule has 0 heterocycles. The van der Waals surface area contributed by atoms with Gasteiger partial charge in [-0.3, -0.25) is 10.1 Å². The van der Waals surface area contributed by atoms with Gasteiger partial charge < -0.3 is 4.74 Å². The standard InChI is InChI=1S/C16H12ClNO4/c17-14-5-1-4-13(9-14)11-22-16(19)8-7-12-3-2-6-15(10-12)18(20)21/h1-10H,11H2/b8-7+. The minimum atomic E-state index is -0.536. The van der Waals surface area contributed by atoms with Crippen LogP contribution in [-0.2, 0) is 16.1 Å². The third-order valence-electron chi connectivity index (χ3n) is 2.76. The van der Waals surface area contributed by atoms with Crippen molar-refractivity contribution in [2.75, 3.05) is 0 Å². The fraction of sp³-hybridized carbons (Fsp3) is 0.0625. The third kappa shape index (κ3) is 4.71. The molecule has 0 saturated carbocycles. The summed E-state index contributed by atoms with van der Waals surface area (Å²) < 4.78 is 5.06. The van der Waals surface area contributed by atoms with E-state index in [0.29, 0.717) is 10.6 Å². The van der Waals surface area contributed by atoms with E-state index in [0.717, 1.165) is 5.56 Å². The maximum Gasteiger partial charge on any atom is 0.331 e. The van der Waals surface area contributed by atoms with Crippen molar-refractivity contribution in [2.45, 2.75) is 6.61 Å². The van der Waals surface area contributed by atoms with Crippen LogP contribution in [0.25, 0.3) is 6.08 Å². The van der Waals surface area contributed by atoms with Gasteiger partial charge in [0.2, 0.25) is 0 Å². The Morgan fingerprint density at radius 3 is 2.73 bits per heavy atom. The number of halogens is 1. The zero-order valence-electron chi connectivity index (χ0n) is 11.4. The summed E-state index contributed by atoms with van der Waals surface area (Å²) in [6.45, 7) is 0.110. The van der Waals surface area contributed by atoms with Crippen LogP contribution in [-0.4, -0.2) is 10.9 Å². The van der Waals surface area contributed by atoms with E-state index in [1.165, 1.54) is 24.3 Å². The largest absolute Gasteiger partial charge is 0.458 e. The smallest absolute Gasteiger partial charge is 0.331 e. The van der Waals surface area contributed by atoms with E-state index in [1.807, 2.05) is 0 Å². The third-order valence-corrected chi connectivity index (χ3v) is 3.00. The number of carbonyl (C=O) groups is 1. The van der Waals surface area contributed by atoms with E-state index < -0.39 is 10.9 Å². The molecular formula is C16H12ClNO4. The molecule has 0 aromatic heterocycles. The Bertz CT molecular complexity index is 728. The summed E-state index contributed by atoms with van der Waals surface area (Å²) in [6.07, 6.45) is 2.69. The average molecular weight is 318 g/mol. The normalized spacial score (nSPS) is 10.6. The fourth-order valence-electron chi connectivity index (χ4n) is 1.74. The molecule has 0 amide bonds. The Hall–Kier alpha value is -2.66. The van der Waals surface area contributed by atoms with E-state index in [1.54, 1.807) is 36.4 Å². The predicted molar refractivity (Wildman–Crippen MR) is 83.4 cm³/mol. The van der Waals surface area contributed by atoms with Crippen molar-refractivity contribution < 1.29 is 14.5 Å². The number of benzene rings is 2. The van der Waals surface area contributed by atoms with Crippen LogP contribution in [0.15, 0.2) is 54.6 Å². The van der Waals surface area contributed by atoms with E-state index in [9.17, 15) is 14.9 Å². The number of hydrogen-bond donors (Lipinski definition) is 0. The number of rotatable bonds is 5. The van der Waals surface area contributed by atoms with Crippen molar-refractivity contribution in [1.82, 2.24) is 0 Å². The summed E-state index contributed by atoms with van der Waals surface area (Å²) in [5.41, 5.74) is 1.30. The number of esters is 1. The van der Waals surface area contributed by atoms with Gasteiger partial charge in [0.05, 0.1) is 4.92 Å². The van der Waals surface area contributed by atoms with Gasteiger partial charge in [0.15, 0.2) is 0 Å². The van der Waals surface area contributed by atoms with E-state index in [-0.39, 0.29) is 12.3 Å². The maximum atomic E-state index is 11.6. The fourth-order valence-corrected chi connectivity index (χ4v) is 1.95. The molecule has 0 aliphatic rings. The van der Waals surface area contributed by atoms with Crippen LogP contribution in [0.1, 0.15) is 11.1 Å². The molecule has 0 atom stereocenters. The van der Waals surface area contributed by atoms with Crippen molar-refractivity contribution in [3.63, 3.8) is 0 Å². The van der Waals surface area contributed by atoms with Crippen LogP contribution in [0, 0.1) is 10.1 Å². The summed E-state index contributed by atoms with van der Waals surface area (Å²) in [4.78, 5) is 21.8. The number of carbonyl (C=O) groups excluding carboxylic acids is 1. The lowest BCUT2D eigenvalue weighted by Crippen LogP contribution is -2.00. The molecule has 0 radical (unpaired) electrons. The molecule has 2 aromatic carbocycles. The number of nitrogens with zero attached hydrogens (tertiary/aromatic N) is 1. The van der Waals surface area contributed by atoms with Crippen LogP contribution in [0.2, 0.25) is 5.02 Å². The Morgan fingerprint density at radius 1 is 1.23 bits per heavy atom. The van der Waals surface area contributed by atoms with Crippen LogP contribution in [0.4, 0.5) is 5.69 Å². The number of non-ortho nitro benzene ring substituents is 1. The lowest BCUT2D eigenvalue weighted by atomic mass is 10.2. The Labute approximate surface area is 131 Å². The monoisotopic (exact) mass is 317 g/mol. The van der Waals surface area contributed by atoms with Gasteiger partial charge >= 0.3 is 5.97 Å². The average Bonchev–Trinajstić information content (AvgIpc) is 2.51. The highest BCUT2D eigenvalue weighted by atomic mass is 35.5. The predicted octanol–water partition coefficient (Wildman–Crippen LogP) is 4.00. The number of hydrogen-bond acceptors (Lipinski definition) is 4. The van der Waals surface area contributed by atoms with Gasteiger partial charge in [0.25, 0.3) is 5.69 Å². The molecule has 112 valence electrons. The lowest BCUT2D eigenvalue weighted by Gasteiger charge is -2.02. The Morgan fingerprint density at radius 2 is 2.00 bits per heavy atom. The minimum absolute atomic E-state index is 0.0329. The van der Waals surface area contributed by atoms with Crippen molar-refractivity contribution in [3.8, 4) is 0 Å². The van der Waals surface area contributed by atoms with Gasteiger partial charge in [0.1, 0.15) is 6.61 Å². The highest BCUT2D eigenvalue weighted by Gasteiger charge is 2.04. The van der Waals surface area contributed by atoms with Crippen molar-refractivity contribution in [1.29, 1.82) is 0 Å². The SMILES string of the molecule is O=C(/C=C/c1cccc([N+](=O)[O-])c1)OCc1cccc(Cl)c1. The highest BCUT2D eigenvalue weighted by molar-refractivity contribution is 6.30. The van der Waals surface area contributed by atoms with Gasteiger partial charge in [0, 0.05) is 23.2 Å². The summed E-state index contributed by atoms with van der Waals surface area (Å²) in [5.74, 6) is -0.536. The van der Waals surface area contributed by atoms with E-state index in [2.05, 4.69) is 0 Å². The first-order valence-electron chi connectivity index (χ1n) is 6.38. The van der Waals surface area contributed by atoms with Gasteiger partial charge in [-0.25, -0.2) is 4.79 Å². The van der Waals surface area contributed by atoms with Crippen molar-refractivity contribution >= 4 is 29.3 Å². The first-order valence-corrected chi connectivity index (χ1v) is 6.76. The quantitative estimate of drug-likeness (QED) is 0.361. The van der Waals surface area contributed by atoms with Crippen molar-refractivity contribution in [3.05, 3.63) is 80.9 Å². The van der Waals surface area contributed by atoms with Crippen LogP contribution in [0.3, 0.4) is 0 Å². The number of ether oxygens (including phenoxy) is 1. The minimum Gasteiger partial charge on any atom is -0.458 e. The van der Waals surface area contributed by atoms with Gasteiger partial charge in [-0.15, -0.1) is 0 Å². The molecule has 5 nitrogen and oxygen atoms in total.